The van der Waals surface area contributed by atoms with Crippen LogP contribution in [-0.2, 0) is 0 Å². The molecule has 0 saturated heterocycles. The summed E-state index contributed by atoms with van der Waals surface area (Å²) in [5.74, 6) is 0.0830. The monoisotopic (exact) mass is 209 g/mol. The molecule has 1 radical (unpaired) electrons. The van der Waals surface area contributed by atoms with Gasteiger partial charge in [-0.05, 0) is 18.1 Å². The second-order valence-electron chi connectivity index (χ2n) is 3.62. The van der Waals surface area contributed by atoms with E-state index in [4.69, 9.17) is 0 Å². The van der Waals surface area contributed by atoms with Crippen molar-refractivity contribution in [2.24, 2.45) is 0 Å². The topological polar surface area (TPSA) is 17.1 Å². The third kappa shape index (κ3) is 2.19. The summed E-state index contributed by atoms with van der Waals surface area (Å²) in [4.78, 5) is 11.4. The van der Waals surface area contributed by atoms with Crippen LogP contribution in [0.5, 0.6) is 0 Å². The largest absolute Gasteiger partial charge is 0.294 e. The van der Waals surface area contributed by atoms with Crippen molar-refractivity contribution in [3.8, 4) is 11.1 Å². The Labute approximate surface area is 95.7 Å². The molecule has 0 saturated carbocycles. The van der Waals surface area contributed by atoms with Crippen molar-refractivity contribution in [3.05, 3.63) is 67.1 Å². The quantitative estimate of drug-likeness (QED) is 0.703. The number of carbonyl (C=O) groups excluding carboxylic acids is 1. The van der Waals surface area contributed by atoms with E-state index in [0.717, 1.165) is 16.7 Å². The molecule has 0 atom stereocenters. The molecule has 0 aliphatic carbocycles. The number of ketones is 1. The maximum absolute atomic E-state index is 11.4. The number of hydrogen-bond donors (Lipinski definition) is 0. The minimum Gasteiger partial charge on any atom is -0.294 e. The average Bonchev–Trinajstić information content (AvgIpc) is 2.39. The molecule has 0 fully saturated rings. The van der Waals surface area contributed by atoms with E-state index in [-0.39, 0.29) is 5.78 Å². The van der Waals surface area contributed by atoms with Crippen LogP contribution in [0.25, 0.3) is 11.1 Å². The fraction of sp³-hybridized carbons (Fsp3) is 0.0667. The maximum Gasteiger partial charge on any atom is 0.162 e. The van der Waals surface area contributed by atoms with Gasteiger partial charge in [0.05, 0.1) is 0 Å². The summed E-state index contributed by atoms with van der Waals surface area (Å²) in [5.41, 5.74) is 3.02. The molecular formula is C15H13O. The Morgan fingerprint density at radius 2 is 1.44 bits per heavy atom. The van der Waals surface area contributed by atoms with Gasteiger partial charge >= 0.3 is 0 Å². The Morgan fingerprint density at radius 1 is 0.875 bits per heavy atom. The predicted molar refractivity (Wildman–Crippen MR) is 66.2 cm³/mol. The summed E-state index contributed by atoms with van der Waals surface area (Å²) >= 11 is 0. The lowest BCUT2D eigenvalue weighted by Gasteiger charge is -2.02. The molecule has 1 heteroatoms. The molecule has 2 aromatic carbocycles. The van der Waals surface area contributed by atoms with E-state index < -0.39 is 0 Å². The first-order chi connectivity index (χ1) is 7.81. The van der Waals surface area contributed by atoms with E-state index in [2.05, 4.69) is 19.1 Å². The summed E-state index contributed by atoms with van der Waals surface area (Å²) in [6.07, 6.45) is 0.310. The SMILES string of the molecule is [CH2]CC(=O)c1ccc(-c2ccccc2)cc1. The lowest BCUT2D eigenvalue weighted by molar-refractivity contribution is 0.0995. The van der Waals surface area contributed by atoms with Gasteiger partial charge in [0.1, 0.15) is 0 Å². The highest BCUT2D eigenvalue weighted by Crippen LogP contribution is 2.19. The third-order valence-electron chi connectivity index (χ3n) is 2.54. The molecule has 2 aromatic rings. The minimum atomic E-state index is 0.0830. The third-order valence-corrected chi connectivity index (χ3v) is 2.54. The zero-order valence-corrected chi connectivity index (χ0v) is 9.02. The maximum atomic E-state index is 11.4. The molecule has 0 N–H and O–H groups in total. The molecule has 16 heavy (non-hydrogen) atoms. The van der Waals surface area contributed by atoms with Crippen molar-refractivity contribution < 1.29 is 4.79 Å². The van der Waals surface area contributed by atoms with Crippen LogP contribution >= 0.6 is 0 Å². The van der Waals surface area contributed by atoms with Gasteiger partial charge in [-0.25, -0.2) is 0 Å². The summed E-state index contributed by atoms with van der Waals surface area (Å²) in [7, 11) is 0. The molecule has 0 amide bonds. The summed E-state index contributed by atoms with van der Waals surface area (Å²) in [5, 5.41) is 0. The van der Waals surface area contributed by atoms with E-state index in [1.54, 1.807) is 0 Å². The lowest BCUT2D eigenvalue weighted by atomic mass is 10.0. The standard InChI is InChI=1S/C15H13O/c1-2-15(16)14-10-8-13(9-11-14)12-6-4-3-5-7-12/h3-11H,1-2H2. The van der Waals surface area contributed by atoms with Crippen LogP contribution in [0.4, 0.5) is 0 Å². The second-order valence-corrected chi connectivity index (χ2v) is 3.62. The van der Waals surface area contributed by atoms with Crippen molar-refractivity contribution in [1.29, 1.82) is 0 Å². The van der Waals surface area contributed by atoms with Gasteiger partial charge in [-0.2, -0.15) is 0 Å². The molecule has 0 bridgehead atoms. The Balaban J connectivity index is 2.30. The molecular weight excluding hydrogens is 196 g/mol. The van der Waals surface area contributed by atoms with Crippen molar-refractivity contribution >= 4 is 5.78 Å². The van der Waals surface area contributed by atoms with Crippen LogP contribution in [0.2, 0.25) is 0 Å². The van der Waals surface area contributed by atoms with Crippen LogP contribution in [-0.4, -0.2) is 5.78 Å². The van der Waals surface area contributed by atoms with Crippen LogP contribution in [0.15, 0.2) is 54.6 Å². The first-order valence-corrected chi connectivity index (χ1v) is 5.29. The molecule has 79 valence electrons. The van der Waals surface area contributed by atoms with E-state index >= 15 is 0 Å². The van der Waals surface area contributed by atoms with E-state index in [9.17, 15) is 4.79 Å². The Morgan fingerprint density at radius 3 is 2.00 bits per heavy atom. The van der Waals surface area contributed by atoms with Crippen LogP contribution in [0.3, 0.4) is 0 Å². The van der Waals surface area contributed by atoms with Crippen LogP contribution < -0.4 is 0 Å². The van der Waals surface area contributed by atoms with Crippen molar-refractivity contribution in [1.82, 2.24) is 0 Å². The molecule has 0 heterocycles. The fourth-order valence-corrected chi connectivity index (χ4v) is 1.62. The van der Waals surface area contributed by atoms with Gasteiger partial charge in [0.2, 0.25) is 0 Å². The highest BCUT2D eigenvalue weighted by Gasteiger charge is 2.02. The van der Waals surface area contributed by atoms with Gasteiger partial charge in [-0.3, -0.25) is 4.79 Å². The first-order valence-electron chi connectivity index (χ1n) is 5.29. The molecule has 0 unspecified atom stereocenters. The average molecular weight is 209 g/mol. The Bertz CT molecular complexity index is 469. The van der Waals surface area contributed by atoms with Gasteiger partial charge in [-0.1, -0.05) is 54.6 Å². The van der Waals surface area contributed by atoms with E-state index in [1.165, 1.54) is 0 Å². The van der Waals surface area contributed by atoms with Gasteiger partial charge in [-0.15, -0.1) is 0 Å². The highest BCUT2D eigenvalue weighted by atomic mass is 16.1. The lowest BCUT2D eigenvalue weighted by Crippen LogP contribution is -1.95. The fourth-order valence-electron chi connectivity index (χ4n) is 1.62. The summed E-state index contributed by atoms with van der Waals surface area (Å²) in [6, 6.07) is 17.8. The normalized spacial score (nSPS) is 10.1. The molecule has 0 aliphatic rings. The van der Waals surface area contributed by atoms with Gasteiger partial charge < -0.3 is 0 Å². The van der Waals surface area contributed by atoms with Crippen molar-refractivity contribution in [2.45, 2.75) is 6.42 Å². The van der Waals surface area contributed by atoms with Gasteiger partial charge in [0.25, 0.3) is 0 Å². The van der Waals surface area contributed by atoms with Gasteiger partial charge in [0.15, 0.2) is 5.78 Å². The Hall–Kier alpha value is -1.89. The van der Waals surface area contributed by atoms with Crippen LogP contribution in [0, 0.1) is 6.92 Å². The first kappa shape index (κ1) is 10.6. The van der Waals surface area contributed by atoms with Crippen LogP contribution in [0.1, 0.15) is 16.8 Å². The Kier molecular flexibility index (Phi) is 3.16. The highest BCUT2D eigenvalue weighted by molar-refractivity contribution is 5.96. The zero-order valence-electron chi connectivity index (χ0n) is 9.02. The summed E-state index contributed by atoms with van der Waals surface area (Å²) in [6.45, 7) is 3.59. The number of Topliss-reactive ketones (excluding diaryl/α,β-unsaturated/α-hetero) is 1. The number of hydrogen-bond acceptors (Lipinski definition) is 1. The molecule has 1 nitrogen and oxygen atoms in total. The van der Waals surface area contributed by atoms with Gasteiger partial charge in [0, 0.05) is 12.0 Å². The zero-order chi connectivity index (χ0) is 11.4. The molecule has 0 aliphatic heterocycles. The second kappa shape index (κ2) is 4.75. The minimum absolute atomic E-state index is 0.0830. The smallest absolute Gasteiger partial charge is 0.162 e. The van der Waals surface area contributed by atoms with Crippen molar-refractivity contribution in [3.63, 3.8) is 0 Å². The number of carbonyl (C=O) groups is 1. The summed E-state index contributed by atoms with van der Waals surface area (Å²) < 4.78 is 0. The van der Waals surface area contributed by atoms with E-state index in [0.29, 0.717) is 6.42 Å². The predicted octanol–water partition coefficient (Wildman–Crippen LogP) is 3.76. The number of rotatable bonds is 3. The molecule has 2 rings (SSSR count). The number of benzene rings is 2. The molecule has 0 spiro atoms. The molecule has 0 aromatic heterocycles. The van der Waals surface area contributed by atoms with E-state index in [1.807, 2.05) is 42.5 Å². The van der Waals surface area contributed by atoms with Crippen molar-refractivity contribution in [2.75, 3.05) is 0 Å².